The van der Waals surface area contributed by atoms with Gasteiger partial charge in [-0.2, -0.15) is 5.10 Å². The molecule has 8 heteroatoms. The average Bonchev–Trinajstić information content (AvgIpc) is 3.60. The van der Waals surface area contributed by atoms with Crippen LogP contribution < -0.4 is 14.4 Å². The van der Waals surface area contributed by atoms with E-state index in [1.54, 1.807) is 25.5 Å². The van der Waals surface area contributed by atoms with Crippen LogP contribution in [0.4, 0.5) is 5.69 Å². The molecule has 3 aromatic rings. The Bertz CT molecular complexity index is 1150. The van der Waals surface area contributed by atoms with E-state index in [-0.39, 0.29) is 11.9 Å². The number of hydrogen-bond acceptors (Lipinski definition) is 7. The summed E-state index contributed by atoms with van der Waals surface area (Å²) >= 11 is 0. The fourth-order valence-corrected chi connectivity index (χ4v) is 4.62. The lowest BCUT2D eigenvalue weighted by Crippen LogP contribution is -2.49. The largest absolute Gasteiger partial charge is 0.497 e. The predicted octanol–water partition coefficient (Wildman–Crippen LogP) is 3.80. The summed E-state index contributed by atoms with van der Waals surface area (Å²) in [6, 6.07) is 19.4. The van der Waals surface area contributed by atoms with Crippen LogP contribution in [-0.2, 0) is 4.79 Å². The minimum Gasteiger partial charge on any atom is -0.497 e. The molecule has 3 heterocycles. The lowest BCUT2D eigenvalue weighted by molar-refractivity contribution is -0.134. The van der Waals surface area contributed by atoms with Gasteiger partial charge in [-0.05, 0) is 66.2 Å². The first-order valence-electron chi connectivity index (χ1n) is 11.8. The molecule has 0 unspecified atom stereocenters. The Labute approximate surface area is 205 Å². The molecule has 0 bridgehead atoms. The van der Waals surface area contributed by atoms with Gasteiger partial charge in [0.25, 0.3) is 5.91 Å². The van der Waals surface area contributed by atoms with Gasteiger partial charge >= 0.3 is 0 Å². The number of ether oxygens (including phenoxy) is 2. The maximum absolute atomic E-state index is 13.4. The van der Waals surface area contributed by atoms with Crippen molar-refractivity contribution < 1.29 is 18.7 Å². The summed E-state index contributed by atoms with van der Waals surface area (Å²) in [5, 5.41) is 6.35. The third-order valence-corrected chi connectivity index (χ3v) is 6.63. The highest BCUT2D eigenvalue weighted by Crippen LogP contribution is 2.33. The minimum absolute atomic E-state index is 0.0205. The highest BCUT2D eigenvalue weighted by Gasteiger charge is 2.35. The second-order valence-corrected chi connectivity index (χ2v) is 8.71. The molecule has 1 saturated heterocycles. The molecule has 2 aliphatic rings. The molecule has 0 radical (unpaired) electrons. The summed E-state index contributed by atoms with van der Waals surface area (Å²) in [6.07, 6.45) is 2.25. The van der Waals surface area contributed by atoms with Crippen LogP contribution >= 0.6 is 0 Å². The van der Waals surface area contributed by atoms with Gasteiger partial charge in [0.05, 0.1) is 32.7 Å². The van der Waals surface area contributed by atoms with Crippen LogP contribution in [0.2, 0.25) is 0 Å². The number of nitrogens with zero attached hydrogens (tertiary/aromatic N) is 4. The van der Waals surface area contributed by atoms with Crippen LogP contribution in [0.1, 0.15) is 23.8 Å². The Morgan fingerprint density at radius 2 is 1.60 bits per heavy atom. The number of amides is 1. The molecule has 5 rings (SSSR count). The number of methoxy groups -OCH3 is 2. The molecule has 1 atom stereocenters. The lowest BCUT2D eigenvalue weighted by atomic mass is 10.0. The standard InChI is InChI=1S/C27H30N4O4/c1-33-22-9-5-20(6-10-22)24-18-25(26-4-3-17-35-26)31(28-24)27(32)19-29-13-15-30(16-14-29)21-7-11-23(34-2)12-8-21/h3-12,17,25H,13-16,18-19H2,1-2H3/t25-/m1/s1. The molecule has 0 N–H and O–H groups in total. The zero-order chi connectivity index (χ0) is 24.2. The van der Waals surface area contributed by atoms with Crippen molar-refractivity contribution >= 4 is 17.3 Å². The van der Waals surface area contributed by atoms with Crippen molar-refractivity contribution in [2.75, 3.05) is 51.8 Å². The fraction of sp³-hybridized carbons (Fsp3) is 0.333. The number of anilines is 1. The molecule has 2 aliphatic heterocycles. The Kier molecular flexibility index (Phi) is 6.72. The molecular formula is C27H30N4O4. The number of benzene rings is 2. The van der Waals surface area contributed by atoms with E-state index in [1.165, 1.54) is 5.69 Å². The van der Waals surface area contributed by atoms with Crippen molar-refractivity contribution in [2.45, 2.75) is 12.5 Å². The summed E-state index contributed by atoms with van der Waals surface area (Å²) in [5.41, 5.74) is 3.01. The van der Waals surface area contributed by atoms with Crippen LogP contribution in [0.3, 0.4) is 0 Å². The smallest absolute Gasteiger partial charge is 0.257 e. The lowest BCUT2D eigenvalue weighted by Gasteiger charge is -2.36. The monoisotopic (exact) mass is 474 g/mol. The number of hydrogen-bond donors (Lipinski definition) is 0. The zero-order valence-electron chi connectivity index (χ0n) is 20.1. The first-order valence-corrected chi connectivity index (χ1v) is 11.8. The number of rotatable bonds is 7. The number of carbonyl (C=O) groups excluding carboxylic acids is 1. The molecule has 0 aliphatic carbocycles. The number of furan rings is 1. The van der Waals surface area contributed by atoms with Crippen LogP contribution in [-0.4, -0.2) is 68.5 Å². The molecular weight excluding hydrogens is 444 g/mol. The van der Waals surface area contributed by atoms with E-state index in [1.807, 2.05) is 48.5 Å². The van der Waals surface area contributed by atoms with Gasteiger partial charge in [-0.25, -0.2) is 5.01 Å². The van der Waals surface area contributed by atoms with Crippen molar-refractivity contribution in [1.29, 1.82) is 0 Å². The fourth-order valence-electron chi connectivity index (χ4n) is 4.62. The Hall–Kier alpha value is -3.78. The summed E-state index contributed by atoms with van der Waals surface area (Å²) in [6.45, 7) is 3.67. The van der Waals surface area contributed by atoms with Crippen molar-refractivity contribution in [1.82, 2.24) is 9.91 Å². The first-order chi connectivity index (χ1) is 17.1. The molecule has 2 aromatic carbocycles. The molecule has 0 saturated carbocycles. The topological polar surface area (TPSA) is 70.8 Å². The second-order valence-electron chi connectivity index (χ2n) is 8.71. The van der Waals surface area contributed by atoms with Crippen LogP contribution in [0, 0.1) is 0 Å². The number of carbonyl (C=O) groups is 1. The minimum atomic E-state index is -0.241. The zero-order valence-corrected chi connectivity index (χ0v) is 20.1. The van der Waals surface area contributed by atoms with E-state index < -0.39 is 0 Å². The number of piperazine rings is 1. The SMILES string of the molecule is COc1ccc(C2=NN(C(=O)CN3CCN(c4ccc(OC)cc4)CC3)[C@@H](c3ccco3)C2)cc1. The van der Waals surface area contributed by atoms with Crippen molar-refractivity contribution in [3.05, 3.63) is 78.3 Å². The van der Waals surface area contributed by atoms with Gasteiger partial charge in [0.2, 0.25) is 0 Å². The molecule has 182 valence electrons. The van der Waals surface area contributed by atoms with E-state index in [0.717, 1.165) is 54.7 Å². The van der Waals surface area contributed by atoms with E-state index in [2.05, 4.69) is 21.9 Å². The molecule has 8 nitrogen and oxygen atoms in total. The highest BCUT2D eigenvalue weighted by molar-refractivity contribution is 6.03. The van der Waals surface area contributed by atoms with E-state index in [0.29, 0.717) is 13.0 Å². The van der Waals surface area contributed by atoms with E-state index >= 15 is 0 Å². The van der Waals surface area contributed by atoms with E-state index in [4.69, 9.17) is 19.0 Å². The third-order valence-electron chi connectivity index (χ3n) is 6.63. The summed E-state index contributed by atoms with van der Waals surface area (Å²) in [5.74, 6) is 2.36. The molecule has 0 spiro atoms. The highest BCUT2D eigenvalue weighted by atomic mass is 16.5. The summed E-state index contributed by atoms with van der Waals surface area (Å²) < 4.78 is 16.2. The maximum Gasteiger partial charge on any atom is 0.257 e. The van der Waals surface area contributed by atoms with Gasteiger partial charge in [-0.3, -0.25) is 9.69 Å². The van der Waals surface area contributed by atoms with Crippen molar-refractivity contribution in [3.63, 3.8) is 0 Å². The van der Waals surface area contributed by atoms with Crippen LogP contribution in [0.25, 0.3) is 0 Å². The Morgan fingerprint density at radius 3 is 2.20 bits per heavy atom. The third kappa shape index (κ3) is 5.02. The van der Waals surface area contributed by atoms with Crippen molar-refractivity contribution in [2.24, 2.45) is 5.10 Å². The van der Waals surface area contributed by atoms with Gasteiger partial charge in [-0.15, -0.1) is 0 Å². The van der Waals surface area contributed by atoms with Gasteiger partial charge in [0.1, 0.15) is 23.3 Å². The maximum atomic E-state index is 13.4. The molecule has 35 heavy (non-hydrogen) atoms. The van der Waals surface area contributed by atoms with Crippen molar-refractivity contribution in [3.8, 4) is 11.5 Å². The molecule has 1 aromatic heterocycles. The Balaban J connectivity index is 1.25. The summed E-state index contributed by atoms with van der Waals surface area (Å²) in [7, 11) is 3.32. The van der Waals surface area contributed by atoms with Gasteiger partial charge in [0, 0.05) is 38.3 Å². The van der Waals surface area contributed by atoms with Gasteiger partial charge in [-0.1, -0.05) is 0 Å². The van der Waals surface area contributed by atoms with Gasteiger partial charge < -0.3 is 18.8 Å². The number of hydrazone groups is 1. The predicted molar refractivity (Wildman–Crippen MR) is 134 cm³/mol. The average molecular weight is 475 g/mol. The quantitative estimate of drug-likeness (QED) is 0.519. The molecule has 1 amide bonds. The summed E-state index contributed by atoms with van der Waals surface area (Å²) in [4.78, 5) is 17.9. The van der Waals surface area contributed by atoms with Crippen LogP contribution in [0.5, 0.6) is 11.5 Å². The Morgan fingerprint density at radius 1 is 0.943 bits per heavy atom. The van der Waals surface area contributed by atoms with Gasteiger partial charge in [0.15, 0.2) is 0 Å². The normalized spacial score (nSPS) is 18.5. The van der Waals surface area contributed by atoms with E-state index in [9.17, 15) is 4.79 Å². The second kappa shape index (κ2) is 10.2. The van der Waals surface area contributed by atoms with Crippen LogP contribution in [0.15, 0.2) is 76.4 Å². The molecule has 1 fully saturated rings. The first kappa shape index (κ1) is 23.0.